The molecule has 2 N–H and O–H groups in total. The summed E-state index contributed by atoms with van der Waals surface area (Å²) >= 11 is 0. The first-order chi connectivity index (χ1) is 9.74. The predicted octanol–water partition coefficient (Wildman–Crippen LogP) is 3.41. The fourth-order valence-electron chi connectivity index (χ4n) is 2.98. The van der Waals surface area contributed by atoms with E-state index in [0.717, 1.165) is 21.9 Å². The number of rotatable bonds is 0. The standard InChI is InChI=1S/C18H14O2/c19-17-8-7-13-9-12-6-5-11-3-1-2-4-14(11)15(12)10-16(13)18(17)20/h1-10,17-20H. The van der Waals surface area contributed by atoms with Gasteiger partial charge in [-0.05, 0) is 44.8 Å². The maximum Gasteiger partial charge on any atom is 0.109 e. The van der Waals surface area contributed by atoms with Crippen LogP contribution >= 0.6 is 0 Å². The highest BCUT2D eigenvalue weighted by atomic mass is 16.3. The van der Waals surface area contributed by atoms with E-state index in [9.17, 15) is 10.2 Å². The zero-order chi connectivity index (χ0) is 13.7. The van der Waals surface area contributed by atoms with Gasteiger partial charge in [0.1, 0.15) is 12.2 Å². The van der Waals surface area contributed by atoms with Gasteiger partial charge in [-0.15, -0.1) is 0 Å². The number of fused-ring (bicyclic) bond motifs is 4. The smallest absolute Gasteiger partial charge is 0.109 e. The van der Waals surface area contributed by atoms with Crippen molar-refractivity contribution in [3.63, 3.8) is 0 Å². The van der Waals surface area contributed by atoms with Crippen LogP contribution < -0.4 is 0 Å². The van der Waals surface area contributed by atoms with Gasteiger partial charge in [-0.25, -0.2) is 0 Å². The normalized spacial score (nSPS) is 21.3. The van der Waals surface area contributed by atoms with Crippen LogP contribution in [0, 0.1) is 0 Å². The van der Waals surface area contributed by atoms with Gasteiger partial charge in [-0.3, -0.25) is 0 Å². The quantitative estimate of drug-likeness (QED) is 0.609. The first-order valence-electron chi connectivity index (χ1n) is 6.74. The third kappa shape index (κ3) is 1.59. The molecule has 0 spiro atoms. The maximum atomic E-state index is 10.2. The summed E-state index contributed by atoms with van der Waals surface area (Å²) in [6, 6.07) is 16.5. The number of hydrogen-bond acceptors (Lipinski definition) is 2. The Bertz CT molecular complexity index is 849. The van der Waals surface area contributed by atoms with Crippen molar-refractivity contribution in [3.8, 4) is 0 Å². The van der Waals surface area contributed by atoms with Gasteiger partial charge in [0.25, 0.3) is 0 Å². The highest BCUT2D eigenvalue weighted by Crippen LogP contribution is 2.34. The van der Waals surface area contributed by atoms with Crippen LogP contribution in [0.15, 0.2) is 54.6 Å². The molecule has 1 aliphatic carbocycles. The molecule has 0 aliphatic heterocycles. The number of aliphatic hydroxyl groups is 2. The molecule has 1 aliphatic rings. The van der Waals surface area contributed by atoms with E-state index in [1.54, 1.807) is 6.08 Å². The third-order valence-electron chi connectivity index (χ3n) is 4.06. The lowest BCUT2D eigenvalue weighted by molar-refractivity contribution is 0.0471. The van der Waals surface area contributed by atoms with Crippen molar-refractivity contribution in [2.24, 2.45) is 0 Å². The lowest BCUT2D eigenvalue weighted by Gasteiger charge is -2.22. The third-order valence-corrected chi connectivity index (χ3v) is 4.06. The van der Waals surface area contributed by atoms with Gasteiger partial charge in [-0.2, -0.15) is 0 Å². The van der Waals surface area contributed by atoms with Crippen LogP contribution in [0.5, 0.6) is 0 Å². The summed E-state index contributed by atoms with van der Waals surface area (Å²) in [5, 5.41) is 24.5. The van der Waals surface area contributed by atoms with Crippen molar-refractivity contribution < 1.29 is 10.2 Å². The molecule has 0 saturated heterocycles. The van der Waals surface area contributed by atoms with Crippen LogP contribution in [0.2, 0.25) is 0 Å². The van der Waals surface area contributed by atoms with Crippen molar-refractivity contribution in [3.05, 3.63) is 65.7 Å². The van der Waals surface area contributed by atoms with Gasteiger partial charge in [0.05, 0.1) is 0 Å². The molecule has 2 heteroatoms. The molecule has 0 fully saturated rings. The molecule has 98 valence electrons. The molecule has 0 amide bonds. The van der Waals surface area contributed by atoms with Crippen LogP contribution in [0.4, 0.5) is 0 Å². The van der Waals surface area contributed by atoms with Gasteiger partial charge in [0.2, 0.25) is 0 Å². The molecule has 0 bridgehead atoms. The zero-order valence-corrected chi connectivity index (χ0v) is 10.8. The van der Waals surface area contributed by atoms with E-state index in [2.05, 4.69) is 30.3 Å². The number of hydrogen-bond donors (Lipinski definition) is 2. The first-order valence-corrected chi connectivity index (χ1v) is 6.74. The highest BCUT2D eigenvalue weighted by Gasteiger charge is 2.22. The molecule has 2 unspecified atom stereocenters. The van der Waals surface area contributed by atoms with Crippen LogP contribution in [0.1, 0.15) is 17.2 Å². The average molecular weight is 262 g/mol. The minimum absolute atomic E-state index is 0.795. The summed E-state index contributed by atoms with van der Waals surface area (Å²) in [5.41, 5.74) is 1.77. The summed E-state index contributed by atoms with van der Waals surface area (Å²) in [5.74, 6) is 0. The molecule has 0 heterocycles. The fourth-order valence-corrected chi connectivity index (χ4v) is 2.98. The SMILES string of the molecule is OC1C=Cc2cc3ccc4ccccc4c3cc2C1O. The van der Waals surface area contributed by atoms with E-state index in [1.807, 2.05) is 24.3 Å². The van der Waals surface area contributed by atoms with E-state index < -0.39 is 12.2 Å². The van der Waals surface area contributed by atoms with Gasteiger partial charge < -0.3 is 10.2 Å². The minimum atomic E-state index is -0.849. The first kappa shape index (κ1) is 11.6. The fraction of sp³-hybridized carbons (Fsp3) is 0.111. The minimum Gasteiger partial charge on any atom is -0.386 e. The molecule has 3 aromatic carbocycles. The lowest BCUT2D eigenvalue weighted by Crippen LogP contribution is -2.19. The molecule has 20 heavy (non-hydrogen) atoms. The molecule has 0 saturated carbocycles. The second kappa shape index (κ2) is 4.17. The van der Waals surface area contributed by atoms with E-state index in [1.165, 1.54) is 10.8 Å². The van der Waals surface area contributed by atoms with Crippen molar-refractivity contribution >= 4 is 27.6 Å². The van der Waals surface area contributed by atoms with Crippen molar-refractivity contribution in [1.82, 2.24) is 0 Å². The molecule has 0 radical (unpaired) electrons. The maximum absolute atomic E-state index is 10.2. The Morgan fingerprint density at radius 1 is 0.800 bits per heavy atom. The molecule has 2 nitrogen and oxygen atoms in total. The second-order valence-corrected chi connectivity index (χ2v) is 5.28. The Balaban J connectivity index is 2.11. The second-order valence-electron chi connectivity index (χ2n) is 5.28. The van der Waals surface area contributed by atoms with Crippen molar-refractivity contribution in [2.75, 3.05) is 0 Å². The van der Waals surface area contributed by atoms with Crippen LogP contribution in [0.25, 0.3) is 27.6 Å². The van der Waals surface area contributed by atoms with E-state index in [-0.39, 0.29) is 0 Å². The summed E-state index contributed by atoms with van der Waals surface area (Å²) < 4.78 is 0. The Morgan fingerprint density at radius 2 is 1.60 bits per heavy atom. The van der Waals surface area contributed by atoms with Crippen LogP contribution in [-0.4, -0.2) is 16.3 Å². The van der Waals surface area contributed by atoms with Gasteiger partial charge >= 0.3 is 0 Å². The topological polar surface area (TPSA) is 40.5 Å². The van der Waals surface area contributed by atoms with Gasteiger partial charge in [0.15, 0.2) is 0 Å². The molecular formula is C18H14O2. The van der Waals surface area contributed by atoms with Crippen LogP contribution in [0.3, 0.4) is 0 Å². The predicted molar refractivity (Wildman–Crippen MR) is 81.5 cm³/mol. The molecule has 0 aromatic heterocycles. The molecular weight excluding hydrogens is 248 g/mol. The Labute approximate surface area is 116 Å². The van der Waals surface area contributed by atoms with Crippen molar-refractivity contribution in [2.45, 2.75) is 12.2 Å². The molecule has 2 atom stereocenters. The summed E-state index contributed by atoms with van der Waals surface area (Å²) in [7, 11) is 0. The molecule has 3 aromatic rings. The van der Waals surface area contributed by atoms with E-state index >= 15 is 0 Å². The van der Waals surface area contributed by atoms with Crippen molar-refractivity contribution in [1.29, 1.82) is 0 Å². The summed E-state index contributed by atoms with van der Waals surface area (Å²) in [4.78, 5) is 0. The number of aliphatic hydroxyl groups excluding tert-OH is 2. The Morgan fingerprint density at radius 3 is 2.50 bits per heavy atom. The summed E-state index contributed by atoms with van der Waals surface area (Å²) in [6.07, 6.45) is 1.84. The highest BCUT2D eigenvalue weighted by molar-refractivity contribution is 6.08. The molecule has 4 rings (SSSR count). The zero-order valence-electron chi connectivity index (χ0n) is 10.8. The van der Waals surface area contributed by atoms with Gasteiger partial charge in [-0.1, -0.05) is 48.6 Å². The van der Waals surface area contributed by atoms with E-state index in [4.69, 9.17) is 0 Å². The summed E-state index contributed by atoms with van der Waals surface area (Å²) in [6.45, 7) is 0. The Hall–Kier alpha value is -2.16. The van der Waals surface area contributed by atoms with Crippen LogP contribution in [-0.2, 0) is 0 Å². The average Bonchev–Trinajstić information content (AvgIpc) is 2.49. The number of benzene rings is 3. The monoisotopic (exact) mass is 262 g/mol. The van der Waals surface area contributed by atoms with Gasteiger partial charge in [0, 0.05) is 0 Å². The Kier molecular flexibility index (Phi) is 2.43. The lowest BCUT2D eigenvalue weighted by atomic mass is 9.89. The van der Waals surface area contributed by atoms with E-state index in [0.29, 0.717) is 0 Å². The largest absolute Gasteiger partial charge is 0.386 e.